The molecule has 1 aromatic heterocycles. The number of aromatic nitrogens is 1. The Balaban J connectivity index is 1.77. The molecular formula is C23H31N3O5. The third-order valence-corrected chi connectivity index (χ3v) is 5.95. The molecule has 1 aliphatic rings. The van der Waals surface area contributed by atoms with E-state index in [1.807, 2.05) is 39.1 Å². The van der Waals surface area contributed by atoms with E-state index in [1.54, 1.807) is 22.6 Å². The number of hydrogen-bond acceptors (Lipinski definition) is 4. The van der Waals surface area contributed by atoms with E-state index in [2.05, 4.69) is 5.32 Å². The van der Waals surface area contributed by atoms with E-state index in [0.29, 0.717) is 43.8 Å². The minimum Gasteiger partial charge on any atom is -0.497 e. The molecule has 8 heteroatoms. The second-order valence-electron chi connectivity index (χ2n) is 8.61. The fourth-order valence-corrected chi connectivity index (χ4v) is 4.16. The maximum atomic E-state index is 13.2. The lowest BCUT2D eigenvalue weighted by Gasteiger charge is -2.33. The Morgan fingerprint density at radius 3 is 2.45 bits per heavy atom. The van der Waals surface area contributed by atoms with Gasteiger partial charge in [-0.15, -0.1) is 0 Å². The number of methoxy groups -OCH3 is 1. The van der Waals surface area contributed by atoms with Crippen LogP contribution in [0.15, 0.2) is 24.3 Å². The number of carbonyl (C=O) groups excluding carboxylic acids is 2. The number of hydrogen-bond donors (Lipinski definition) is 2. The van der Waals surface area contributed by atoms with Crippen LogP contribution in [0.1, 0.15) is 43.6 Å². The predicted octanol–water partition coefficient (Wildman–Crippen LogP) is 2.65. The van der Waals surface area contributed by atoms with Gasteiger partial charge >= 0.3 is 5.97 Å². The molecule has 31 heavy (non-hydrogen) atoms. The van der Waals surface area contributed by atoms with Gasteiger partial charge in [-0.2, -0.15) is 0 Å². The number of fused-ring (bicyclic) bond motifs is 1. The van der Waals surface area contributed by atoms with Crippen molar-refractivity contribution in [3.05, 3.63) is 30.0 Å². The summed E-state index contributed by atoms with van der Waals surface area (Å²) in [6, 6.07) is 6.75. The van der Waals surface area contributed by atoms with Crippen LogP contribution in [0.2, 0.25) is 0 Å². The van der Waals surface area contributed by atoms with Gasteiger partial charge in [-0.25, -0.2) is 0 Å². The van der Waals surface area contributed by atoms with Gasteiger partial charge in [0.25, 0.3) is 5.91 Å². The van der Waals surface area contributed by atoms with Gasteiger partial charge in [0, 0.05) is 31.0 Å². The van der Waals surface area contributed by atoms with E-state index >= 15 is 0 Å². The molecule has 1 saturated heterocycles. The number of aliphatic carboxylic acids is 1. The van der Waals surface area contributed by atoms with Gasteiger partial charge < -0.3 is 24.6 Å². The number of carboxylic acid groups (broad SMARTS) is 1. The van der Waals surface area contributed by atoms with Gasteiger partial charge in [-0.1, -0.05) is 13.8 Å². The monoisotopic (exact) mass is 429 g/mol. The maximum Gasteiger partial charge on any atom is 0.306 e. The number of ether oxygens (including phenoxy) is 1. The molecule has 0 spiro atoms. The fourth-order valence-electron chi connectivity index (χ4n) is 4.16. The van der Waals surface area contributed by atoms with Crippen molar-refractivity contribution in [3.63, 3.8) is 0 Å². The zero-order valence-electron chi connectivity index (χ0n) is 18.6. The lowest BCUT2D eigenvalue weighted by atomic mass is 9.95. The molecule has 2 amide bonds. The van der Waals surface area contributed by atoms with Crippen molar-refractivity contribution in [1.29, 1.82) is 0 Å². The number of carboxylic acids is 1. The van der Waals surface area contributed by atoms with E-state index in [-0.39, 0.29) is 17.7 Å². The number of likely N-dealkylation sites (tertiary alicyclic amines) is 1. The van der Waals surface area contributed by atoms with Crippen LogP contribution in [0, 0.1) is 11.8 Å². The summed E-state index contributed by atoms with van der Waals surface area (Å²) in [4.78, 5) is 39.1. The molecule has 1 unspecified atom stereocenters. The third-order valence-electron chi connectivity index (χ3n) is 5.95. The lowest BCUT2D eigenvalue weighted by Crippen LogP contribution is -2.51. The van der Waals surface area contributed by atoms with Crippen molar-refractivity contribution in [3.8, 4) is 5.75 Å². The molecular weight excluding hydrogens is 398 g/mol. The molecule has 2 aromatic rings. The summed E-state index contributed by atoms with van der Waals surface area (Å²) in [6.07, 6.45) is 1.39. The second-order valence-corrected chi connectivity index (χ2v) is 8.61. The van der Waals surface area contributed by atoms with Crippen LogP contribution in [-0.2, 0) is 16.6 Å². The highest BCUT2D eigenvalue weighted by molar-refractivity contribution is 6.01. The molecule has 0 saturated carbocycles. The van der Waals surface area contributed by atoms with Gasteiger partial charge in [-0.05, 0) is 49.4 Å². The van der Waals surface area contributed by atoms with Gasteiger partial charge in [0.05, 0.1) is 13.0 Å². The summed E-state index contributed by atoms with van der Waals surface area (Å²) in [5, 5.41) is 13.0. The summed E-state index contributed by atoms with van der Waals surface area (Å²) in [7, 11) is 3.42. The zero-order chi connectivity index (χ0) is 22.7. The van der Waals surface area contributed by atoms with Crippen LogP contribution in [0.4, 0.5) is 0 Å². The van der Waals surface area contributed by atoms with Gasteiger partial charge in [-0.3, -0.25) is 14.4 Å². The standard InChI is InChI=1S/C23H31N3O5/c1-14(2)11-18(22(28)26-9-7-15(8-10-26)23(29)30)24-21(27)20-13-16-12-17(31-4)5-6-19(16)25(20)3/h5-6,12-15,18H,7-11H2,1-4H3,(H,24,27)(H,29,30). The number of nitrogens with one attached hydrogen (secondary N) is 1. The van der Waals surface area contributed by atoms with Crippen molar-refractivity contribution < 1.29 is 24.2 Å². The van der Waals surface area contributed by atoms with Crippen LogP contribution in [0.3, 0.4) is 0 Å². The van der Waals surface area contributed by atoms with E-state index in [0.717, 1.165) is 10.9 Å². The molecule has 0 radical (unpaired) electrons. The van der Waals surface area contributed by atoms with Gasteiger partial charge in [0.2, 0.25) is 5.91 Å². The summed E-state index contributed by atoms with van der Waals surface area (Å²) in [6.45, 7) is 4.81. The first-order chi connectivity index (χ1) is 14.7. The summed E-state index contributed by atoms with van der Waals surface area (Å²) >= 11 is 0. The Morgan fingerprint density at radius 2 is 1.87 bits per heavy atom. The Kier molecular flexibility index (Phi) is 6.87. The average Bonchev–Trinajstić information content (AvgIpc) is 3.08. The molecule has 168 valence electrons. The topological polar surface area (TPSA) is 101 Å². The Morgan fingerprint density at radius 1 is 1.19 bits per heavy atom. The molecule has 0 aliphatic carbocycles. The van der Waals surface area contributed by atoms with E-state index in [9.17, 15) is 19.5 Å². The third kappa shape index (κ3) is 5.00. The minimum atomic E-state index is -0.813. The van der Waals surface area contributed by atoms with Crippen molar-refractivity contribution in [2.75, 3.05) is 20.2 Å². The van der Waals surface area contributed by atoms with Gasteiger partial charge in [0.15, 0.2) is 0 Å². The van der Waals surface area contributed by atoms with Crippen molar-refractivity contribution >= 4 is 28.7 Å². The smallest absolute Gasteiger partial charge is 0.306 e. The van der Waals surface area contributed by atoms with Crippen LogP contribution in [0.25, 0.3) is 10.9 Å². The van der Waals surface area contributed by atoms with E-state index in [4.69, 9.17) is 4.74 Å². The number of nitrogens with zero attached hydrogens (tertiary/aromatic N) is 2. The molecule has 1 fully saturated rings. The first kappa shape index (κ1) is 22.7. The minimum absolute atomic E-state index is 0.147. The number of aryl methyl sites for hydroxylation is 1. The van der Waals surface area contributed by atoms with Crippen LogP contribution < -0.4 is 10.1 Å². The Bertz CT molecular complexity index is 973. The van der Waals surface area contributed by atoms with Crippen LogP contribution in [-0.4, -0.2) is 58.6 Å². The summed E-state index contributed by atoms with van der Waals surface area (Å²) in [5.74, 6) is -0.754. The number of amides is 2. The quantitative estimate of drug-likeness (QED) is 0.705. The van der Waals surface area contributed by atoms with Crippen molar-refractivity contribution in [1.82, 2.24) is 14.8 Å². The molecule has 1 aliphatic heterocycles. The highest BCUT2D eigenvalue weighted by atomic mass is 16.5. The van der Waals surface area contributed by atoms with Crippen molar-refractivity contribution in [2.24, 2.45) is 18.9 Å². The number of carbonyl (C=O) groups is 3. The fraction of sp³-hybridized carbons (Fsp3) is 0.522. The lowest BCUT2D eigenvalue weighted by molar-refractivity contribution is -0.146. The number of rotatable bonds is 7. The van der Waals surface area contributed by atoms with Crippen molar-refractivity contribution in [2.45, 2.75) is 39.2 Å². The normalized spacial score (nSPS) is 15.8. The zero-order valence-corrected chi connectivity index (χ0v) is 18.6. The number of piperidine rings is 1. The van der Waals surface area contributed by atoms with Crippen LogP contribution >= 0.6 is 0 Å². The first-order valence-corrected chi connectivity index (χ1v) is 10.7. The molecule has 2 heterocycles. The predicted molar refractivity (Wildman–Crippen MR) is 117 cm³/mol. The van der Waals surface area contributed by atoms with E-state index in [1.165, 1.54) is 0 Å². The molecule has 1 atom stereocenters. The molecule has 1 aromatic carbocycles. The van der Waals surface area contributed by atoms with E-state index < -0.39 is 17.9 Å². The largest absolute Gasteiger partial charge is 0.497 e. The highest BCUT2D eigenvalue weighted by Gasteiger charge is 2.32. The molecule has 3 rings (SSSR count). The Hall–Kier alpha value is -3.03. The second kappa shape index (κ2) is 9.41. The van der Waals surface area contributed by atoms with Crippen LogP contribution in [0.5, 0.6) is 5.75 Å². The average molecular weight is 430 g/mol. The molecule has 0 bridgehead atoms. The van der Waals surface area contributed by atoms with Gasteiger partial charge in [0.1, 0.15) is 17.5 Å². The molecule has 2 N–H and O–H groups in total. The highest BCUT2D eigenvalue weighted by Crippen LogP contribution is 2.24. The molecule has 8 nitrogen and oxygen atoms in total. The summed E-state index contributed by atoms with van der Waals surface area (Å²) in [5.41, 5.74) is 1.36. The maximum absolute atomic E-state index is 13.2. The SMILES string of the molecule is COc1ccc2c(c1)cc(C(=O)NC(CC(C)C)C(=O)N1CCC(C(=O)O)CC1)n2C. The summed E-state index contributed by atoms with van der Waals surface area (Å²) < 4.78 is 7.07. The number of benzene rings is 1. The Labute approximate surface area is 182 Å². The first-order valence-electron chi connectivity index (χ1n) is 10.7.